The lowest BCUT2D eigenvalue weighted by Gasteiger charge is -2.16. The zero-order valence-electron chi connectivity index (χ0n) is 11.2. The van der Waals surface area contributed by atoms with Gasteiger partial charge in [-0.05, 0) is 40.8 Å². The topological polar surface area (TPSA) is 62.2 Å². The van der Waals surface area contributed by atoms with Crippen molar-refractivity contribution in [3.8, 4) is 0 Å². The summed E-state index contributed by atoms with van der Waals surface area (Å²) in [6, 6.07) is 1.80. The largest absolute Gasteiger partial charge is 0.391 e. The summed E-state index contributed by atoms with van der Waals surface area (Å²) in [5, 5.41) is 12.5. The third kappa shape index (κ3) is 3.76. The van der Waals surface area contributed by atoms with Crippen molar-refractivity contribution in [2.75, 3.05) is 6.54 Å². The Bertz CT molecular complexity index is 473. The van der Waals surface area contributed by atoms with E-state index in [1.165, 1.54) is 0 Å². The Hall–Kier alpha value is -0.940. The first kappa shape index (κ1) is 14.5. The molecule has 1 aromatic heterocycles. The summed E-state index contributed by atoms with van der Waals surface area (Å²) in [5.74, 6) is 0.392. The minimum atomic E-state index is -0.520. The number of hydrogen-bond donors (Lipinski definition) is 2. The van der Waals surface area contributed by atoms with E-state index in [1.807, 2.05) is 13.8 Å². The molecule has 1 saturated carbocycles. The number of pyridine rings is 1. The summed E-state index contributed by atoms with van der Waals surface area (Å²) < 4.78 is 0.798. The fourth-order valence-electron chi connectivity index (χ4n) is 1.84. The quantitative estimate of drug-likeness (QED) is 0.873. The first-order chi connectivity index (χ1) is 8.99. The van der Waals surface area contributed by atoms with Crippen LogP contribution in [0.25, 0.3) is 0 Å². The van der Waals surface area contributed by atoms with Gasteiger partial charge in [0.05, 0.1) is 17.4 Å². The summed E-state index contributed by atoms with van der Waals surface area (Å²) >= 11 is 3.35. The maximum absolute atomic E-state index is 12.2. The molecule has 0 saturated heterocycles. The van der Waals surface area contributed by atoms with E-state index < -0.39 is 6.10 Å². The average molecular weight is 327 g/mol. The number of aliphatic hydroxyl groups excluding tert-OH is 1. The van der Waals surface area contributed by atoms with Crippen LogP contribution in [0.2, 0.25) is 0 Å². The predicted molar refractivity (Wildman–Crippen MR) is 77.1 cm³/mol. The summed E-state index contributed by atoms with van der Waals surface area (Å²) in [7, 11) is 0. The van der Waals surface area contributed by atoms with E-state index in [0.29, 0.717) is 11.5 Å². The van der Waals surface area contributed by atoms with Crippen molar-refractivity contribution in [3.63, 3.8) is 0 Å². The van der Waals surface area contributed by atoms with Crippen molar-refractivity contribution in [1.29, 1.82) is 0 Å². The normalized spacial score (nSPS) is 16.5. The second-order valence-corrected chi connectivity index (χ2v) is 6.30. The summed E-state index contributed by atoms with van der Waals surface area (Å²) in [6.45, 7) is 4.12. The standard InChI is InChI=1S/C14H19BrN2O2/c1-8(2)12(18)7-17-14(19)11-5-10(15)6-16-13(11)9-3-4-9/h5-6,8-9,12,18H,3-4,7H2,1-2H3,(H,17,19). The number of carbonyl (C=O) groups is 1. The number of aliphatic hydroxyl groups is 1. The second kappa shape index (κ2) is 6.01. The molecule has 1 heterocycles. The minimum absolute atomic E-state index is 0.129. The van der Waals surface area contributed by atoms with E-state index in [1.54, 1.807) is 12.3 Å². The van der Waals surface area contributed by atoms with Crippen LogP contribution in [-0.2, 0) is 0 Å². The Morgan fingerprint density at radius 3 is 2.84 bits per heavy atom. The molecule has 1 atom stereocenters. The molecule has 1 aliphatic rings. The van der Waals surface area contributed by atoms with Crippen LogP contribution >= 0.6 is 15.9 Å². The Morgan fingerprint density at radius 1 is 1.58 bits per heavy atom. The third-order valence-electron chi connectivity index (χ3n) is 3.34. The number of rotatable bonds is 5. The molecule has 0 aromatic carbocycles. The lowest BCUT2D eigenvalue weighted by molar-refractivity contribution is 0.0870. The highest BCUT2D eigenvalue weighted by molar-refractivity contribution is 9.10. The number of carbonyl (C=O) groups excluding carboxylic acids is 1. The first-order valence-electron chi connectivity index (χ1n) is 6.60. The molecule has 1 aromatic rings. The third-order valence-corrected chi connectivity index (χ3v) is 3.77. The van der Waals surface area contributed by atoms with Gasteiger partial charge in [0.2, 0.25) is 0 Å². The van der Waals surface area contributed by atoms with Crippen LogP contribution in [0.3, 0.4) is 0 Å². The van der Waals surface area contributed by atoms with E-state index in [0.717, 1.165) is 23.0 Å². The molecule has 1 unspecified atom stereocenters. The lowest BCUT2D eigenvalue weighted by atomic mass is 10.1. The van der Waals surface area contributed by atoms with Gasteiger partial charge >= 0.3 is 0 Å². The number of aromatic nitrogens is 1. The van der Waals surface area contributed by atoms with Crippen LogP contribution in [0.5, 0.6) is 0 Å². The number of nitrogens with one attached hydrogen (secondary N) is 1. The predicted octanol–water partition coefficient (Wildman–Crippen LogP) is 2.47. The molecule has 5 heteroatoms. The molecule has 1 aliphatic carbocycles. The summed E-state index contributed by atoms with van der Waals surface area (Å²) in [6.07, 6.45) is 3.41. The van der Waals surface area contributed by atoms with Crippen LogP contribution < -0.4 is 5.32 Å². The zero-order valence-corrected chi connectivity index (χ0v) is 12.8. The van der Waals surface area contributed by atoms with Crippen LogP contribution in [0.1, 0.15) is 48.7 Å². The van der Waals surface area contributed by atoms with Gasteiger partial charge in [0, 0.05) is 23.1 Å². The monoisotopic (exact) mass is 326 g/mol. The molecule has 104 valence electrons. The van der Waals surface area contributed by atoms with Crippen LogP contribution in [0.4, 0.5) is 0 Å². The van der Waals surface area contributed by atoms with Crippen LogP contribution in [-0.4, -0.2) is 28.6 Å². The highest BCUT2D eigenvalue weighted by atomic mass is 79.9. The maximum Gasteiger partial charge on any atom is 0.253 e. The molecule has 0 bridgehead atoms. The lowest BCUT2D eigenvalue weighted by Crippen LogP contribution is -2.35. The van der Waals surface area contributed by atoms with Gasteiger partial charge in [-0.25, -0.2) is 0 Å². The number of hydrogen-bond acceptors (Lipinski definition) is 3. The molecule has 4 nitrogen and oxygen atoms in total. The van der Waals surface area contributed by atoms with Gasteiger partial charge in [-0.2, -0.15) is 0 Å². The first-order valence-corrected chi connectivity index (χ1v) is 7.40. The van der Waals surface area contributed by atoms with E-state index >= 15 is 0 Å². The molecule has 0 spiro atoms. The molecule has 0 radical (unpaired) electrons. The summed E-state index contributed by atoms with van der Waals surface area (Å²) in [5.41, 5.74) is 1.49. The maximum atomic E-state index is 12.2. The van der Waals surface area contributed by atoms with E-state index in [9.17, 15) is 9.90 Å². The molecule has 1 fully saturated rings. The van der Waals surface area contributed by atoms with Gasteiger partial charge in [0.25, 0.3) is 5.91 Å². The molecule has 0 aliphatic heterocycles. The molecule has 2 rings (SSSR count). The van der Waals surface area contributed by atoms with Crippen molar-refractivity contribution in [1.82, 2.24) is 10.3 Å². The number of nitrogens with zero attached hydrogens (tertiary/aromatic N) is 1. The van der Waals surface area contributed by atoms with Gasteiger partial charge in [0.15, 0.2) is 0 Å². The van der Waals surface area contributed by atoms with Gasteiger partial charge in [-0.15, -0.1) is 0 Å². The second-order valence-electron chi connectivity index (χ2n) is 5.38. The van der Waals surface area contributed by atoms with Gasteiger partial charge in [-0.1, -0.05) is 13.8 Å². The Kier molecular flexibility index (Phi) is 4.58. The SMILES string of the molecule is CC(C)C(O)CNC(=O)c1cc(Br)cnc1C1CC1. The van der Waals surface area contributed by atoms with Crippen molar-refractivity contribution >= 4 is 21.8 Å². The molecular formula is C14H19BrN2O2. The van der Waals surface area contributed by atoms with Crippen LogP contribution in [0, 0.1) is 5.92 Å². The average Bonchev–Trinajstić information content (AvgIpc) is 3.19. The van der Waals surface area contributed by atoms with Gasteiger partial charge in [-0.3, -0.25) is 9.78 Å². The number of amides is 1. The van der Waals surface area contributed by atoms with Gasteiger partial charge in [0.1, 0.15) is 0 Å². The molecule has 19 heavy (non-hydrogen) atoms. The van der Waals surface area contributed by atoms with Crippen molar-refractivity contribution in [2.45, 2.75) is 38.7 Å². The summed E-state index contributed by atoms with van der Waals surface area (Å²) in [4.78, 5) is 16.5. The van der Waals surface area contributed by atoms with Crippen molar-refractivity contribution in [3.05, 3.63) is 28.0 Å². The molecule has 1 amide bonds. The fraction of sp³-hybridized carbons (Fsp3) is 0.571. The van der Waals surface area contributed by atoms with Gasteiger partial charge < -0.3 is 10.4 Å². The number of halogens is 1. The fourth-order valence-corrected chi connectivity index (χ4v) is 2.17. The Balaban J connectivity index is 2.07. The van der Waals surface area contributed by atoms with Crippen molar-refractivity contribution < 1.29 is 9.90 Å². The van der Waals surface area contributed by atoms with E-state index in [4.69, 9.17) is 0 Å². The molecular weight excluding hydrogens is 308 g/mol. The molecule has 2 N–H and O–H groups in total. The highest BCUT2D eigenvalue weighted by Gasteiger charge is 2.29. The van der Waals surface area contributed by atoms with E-state index in [-0.39, 0.29) is 18.4 Å². The minimum Gasteiger partial charge on any atom is -0.391 e. The van der Waals surface area contributed by atoms with E-state index in [2.05, 4.69) is 26.2 Å². The van der Waals surface area contributed by atoms with Crippen LogP contribution in [0.15, 0.2) is 16.7 Å². The smallest absolute Gasteiger partial charge is 0.253 e. The Labute approximate surface area is 121 Å². The highest BCUT2D eigenvalue weighted by Crippen LogP contribution is 2.40. The van der Waals surface area contributed by atoms with Crippen molar-refractivity contribution in [2.24, 2.45) is 5.92 Å². The zero-order chi connectivity index (χ0) is 14.0. The Morgan fingerprint density at radius 2 is 2.26 bits per heavy atom.